The van der Waals surface area contributed by atoms with E-state index in [1.807, 2.05) is 24.3 Å². The number of para-hydroxylation sites is 2. The fourth-order valence-electron chi connectivity index (χ4n) is 1.39. The molecule has 1 amide bonds. The SMILES string of the molecule is CC(C)(C(=O)Nc1nc2ccccc2[nH]1)C(N)=S. The van der Waals surface area contributed by atoms with E-state index in [2.05, 4.69) is 15.3 Å². The molecule has 2 rings (SSSR count). The Bertz CT molecular complexity index is 584. The van der Waals surface area contributed by atoms with Crippen LogP contribution in [0.2, 0.25) is 0 Å². The maximum absolute atomic E-state index is 12.0. The summed E-state index contributed by atoms with van der Waals surface area (Å²) in [5, 5.41) is 2.68. The molecule has 0 saturated heterocycles. The number of rotatable bonds is 3. The lowest BCUT2D eigenvalue weighted by atomic mass is 9.92. The molecule has 0 bridgehead atoms. The van der Waals surface area contributed by atoms with E-state index in [1.54, 1.807) is 13.8 Å². The highest BCUT2D eigenvalue weighted by atomic mass is 32.1. The zero-order valence-electron chi connectivity index (χ0n) is 10.2. The molecule has 0 saturated carbocycles. The van der Waals surface area contributed by atoms with Gasteiger partial charge in [-0.05, 0) is 26.0 Å². The molecule has 0 fully saturated rings. The average molecular weight is 262 g/mol. The number of benzene rings is 1. The Balaban J connectivity index is 2.24. The van der Waals surface area contributed by atoms with Gasteiger partial charge in [0.05, 0.1) is 21.4 Å². The summed E-state index contributed by atoms with van der Waals surface area (Å²) < 4.78 is 0. The van der Waals surface area contributed by atoms with Gasteiger partial charge in [0.15, 0.2) is 0 Å². The second kappa shape index (κ2) is 4.38. The number of imidazole rings is 1. The lowest BCUT2D eigenvalue weighted by molar-refractivity contribution is -0.121. The number of aromatic amines is 1. The summed E-state index contributed by atoms with van der Waals surface area (Å²) in [7, 11) is 0. The first-order chi connectivity index (χ1) is 8.41. The quantitative estimate of drug-likeness (QED) is 0.737. The Morgan fingerprint density at radius 3 is 2.72 bits per heavy atom. The third-order valence-electron chi connectivity index (χ3n) is 2.80. The monoisotopic (exact) mass is 262 g/mol. The normalized spacial score (nSPS) is 11.4. The van der Waals surface area contributed by atoms with E-state index in [9.17, 15) is 4.79 Å². The number of nitrogens with two attached hydrogens (primary N) is 1. The van der Waals surface area contributed by atoms with Crippen LogP contribution in [0.3, 0.4) is 0 Å². The number of carbonyl (C=O) groups excluding carboxylic acids is 1. The number of nitrogens with zero attached hydrogens (tertiary/aromatic N) is 1. The molecule has 5 nitrogen and oxygen atoms in total. The number of anilines is 1. The third-order valence-corrected chi connectivity index (χ3v) is 3.32. The average Bonchev–Trinajstić information content (AvgIpc) is 2.70. The number of carbonyl (C=O) groups is 1. The van der Waals surface area contributed by atoms with Crippen molar-refractivity contribution in [2.45, 2.75) is 13.8 Å². The van der Waals surface area contributed by atoms with Gasteiger partial charge in [-0.15, -0.1) is 0 Å². The summed E-state index contributed by atoms with van der Waals surface area (Å²) in [6, 6.07) is 7.52. The predicted octanol–water partition coefficient (Wildman–Crippen LogP) is 1.81. The van der Waals surface area contributed by atoms with Crippen molar-refractivity contribution in [3.63, 3.8) is 0 Å². The summed E-state index contributed by atoms with van der Waals surface area (Å²) in [6.07, 6.45) is 0. The smallest absolute Gasteiger partial charge is 0.239 e. The third kappa shape index (κ3) is 2.19. The van der Waals surface area contributed by atoms with Crippen molar-refractivity contribution in [2.24, 2.45) is 11.1 Å². The Kier molecular flexibility index (Phi) is 3.04. The standard InChI is InChI=1S/C12H14N4OS/c1-12(2,9(13)18)10(17)16-11-14-7-5-3-4-6-8(7)15-11/h3-6H,1-2H3,(H2,13,18)(H2,14,15,16,17). The number of thiocarbonyl (C=S) groups is 1. The predicted molar refractivity (Wildman–Crippen MR) is 75.3 cm³/mol. The lowest BCUT2D eigenvalue weighted by Gasteiger charge is -2.20. The van der Waals surface area contributed by atoms with Crippen LogP contribution >= 0.6 is 12.2 Å². The highest BCUT2D eigenvalue weighted by Crippen LogP contribution is 2.19. The minimum atomic E-state index is -0.908. The van der Waals surface area contributed by atoms with Crippen molar-refractivity contribution >= 4 is 40.1 Å². The van der Waals surface area contributed by atoms with E-state index >= 15 is 0 Å². The molecule has 2 aromatic rings. The molecule has 1 aromatic carbocycles. The highest BCUT2D eigenvalue weighted by Gasteiger charge is 2.31. The first-order valence-corrected chi connectivity index (χ1v) is 5.88. The van der Waals surface area contributed by atoms with E-state index in [1.165, 1.54) is 0 Å². The lowest BCUT2D eigenvalue weighted by Crippen LogP contribution is -2.41. The van der Waals surface area contributed by atoms with Crippen molar-refractivity contribution < 1.29 is 4.79 Å². The summed E-state index contributed by atoms with van der Waals surface area (Å²) in [5.74, 6) is 0.111. The van der Waals surface area contributed by atoms with Gasteiger partial charge in [0, 0.05) is 0 Å². The van der Waals surface area contributed by atoms with Gasteiger partial charge < -0.3 is 10.7 Å². The molecule has 18 heavy (non-hydrogen) atoms. The van der Waals surface area contributed by atoms with Crippen LogP contribution in [0.4, 0.5) is 5.95 Å². The fourth-order valence-corrected chi connectivity index (χ4v) is 1.48. The van der Waals surface area contributed by atoms with E-state index in [4.69, 9.17) is 18.0 Å². The van der Waals surface area contributed by atoms with E-state index in [0.29, 0.717) is 5.95 Å². The van der Waals surface area contributed by atoms with E-state index in [0.717, 1.165) is 11.0 Å². The summed E-state index contributed by atoms with van der Waals surface area (Å²) >= 11 is 4.87. The Hall–Kier alpha value is -1.95. The summed E-state index contributed by atoms with van der Waals surface area (Å²) in [5.41, 5.74) is 6.29. The van der Waals surface area contributed by atoms with Crippen LogP contribution in [0.5, 0.6) is 0 Å². The molecule has 1 aromatic heterocycles. The molecular formula is C12H14N4OS. The summed E-state index contributed by atoms with van der Waals surface area (Å²) in [4.78, 5) is 19.4. The molecule has 0 aliphatic rings. The molecule has 0 aliphatic heterocycles. The van der Waals surface area contributed by atoms with Crippen molar-refractivity contribution in [1.29, 1.82) is 0 Å². The number of H-pyrrole nitrogens is 1. The van der Waals surface area contributed by atoms with Gasteiger partial charge in [-0.3, -0.25) is 10.1 Å². The first kappa shape index (κ1) is 12.5. The summed E-state index contributed by atoms with van der Waals surface area (Å²) in [6.45, 7) is 3.35. The Morgan fingerprint density at radius 2 is 2.11 bits per heavy atom. The van der Waals surface area contributed by atoms with Crippen LogP contribution in [-0.2, 0) is 4.79 Å². The number of aromatic nitrogens is 2. The van der Waals surface area contributed by atoms with Gasteiger partial charge in [0.25, 0.3) is 0 Å². The van der Waals surface area contributed by atoms with E-state index < -0.39 is 5.41 Å². The second-order valence-electron chi connectivity index (χ2n) is 4.55. The molecule has 0 unspecified atom stereocenters. The van der Waals surface area contributed by atoms with Gasteiger partial charge >= 0.3 is 0 Å². The maximum atomic E-state index is 12.0. The minimum absolute atomic E-state index is 0.149. The van der Waals surface area contributed by atoms with Gasteiger partial charge in [-0.2, -0.15) is 0 Å². The molecule has 1 heterocycles. The van der Waals surface area contributed by atoms with Gasteiger partial charge in [0.1, 0.15) is 0 Å². The van der Waals surface area contributed by atoms with Crippen LogP contribution in [0.15, 0.2) is 24.3 Å². The molecule has 0 aliphatic carbocycles. The number of nitrogens with one attached hydrogen (secondary N) is 2. The molecule has 4 N–H and O–H groups in total. The van der Waals surface area contributed by atoms with Crippen LogP contribution in [0.25, 0.3) is 11.0 Å². The van der Waals surface area contributed by atoms with Gasteiger partial charge in [0.2, 0.25) is 11.9 Å². The zero-order valence-corrected chi connectivity index (χ0v) is 11.0. The van der Waals surface area contributed by atoms with Gasteiger partial charge in [-0.25, -0.2) is 4.98 Å². The van der Waals surface area contributed by atoms with Crippen molar-refractivity contribution in [3.05, 3.63) is 24.3 Å². The first-order valence-electron chi connectivity index (χ1n) is 5.47. The van der Waals surface area contributed by atoms with Crippen LogP contribution in [0, 0.1) is 5.41 Å². The zero-order chi connectivity index (χ0) is 13.3. The molecular weight excluding hydrogens is 248 g/mol. The molecule has 0 atom stereocenters. The molecule has 0 spiro atoms. The maximum Gasteiger partial charge on any atom is 0.239 e. The largest absolute Gasteiger partial charge is 0.392 e. The number of fused-ring (bicyclic) bond motifs is 1. The number of hydrogen-bond acceptors (Lipinski definition) is 3. The van der Waals surface area contributed by atoms with Gasteiger partial charge in [-0.1, -0.05) is 24.4 Å². The van der Waals surface area contributed by atoms with Crippen LogP contribution in [-0.4, -0.2) is 20.9 Å². The minimum Gasteiger partial charge on any atom is -0.392 e. The number of amides is 1. The second-order valence-corrected chi connectivity index (χ2v) is 4.99. The van der Waals surface area contributed by atoms with Crippen molar-refractivity contribution in [3.8, 4) is 0 Å². The number of hydrogen-bond donors (Lipinski definition) is 3. The molecule has 0 radical (unpaired) electrons. The highest BCUT2D eigenvalue weighted by molar-refractivity contribution is 7.80. The van der Waals surface area contributed by atoms with E-state index in [-0.39, 0.29) is 10.9 Å². The van der Waals surface area contributed by atoms with Crippen molar-refractivity contribution in [1.82, 2.24) is 9.97 Å². The molecule has 6 heteroatoms. The van der Waals surface area contributed by atoms with Crippen LogP contribution in [0.1, 0.15) is 13.8 Å². The topological polar surface area (TPSA) is 83.8 Å². The van der Waals surface area contributed by atoms with Crippen molar-refractivity contribution in [2.75, 3.05) is 5.32 Å². The Labute approximate surface area is 110 Å². The Morgan fingerprint density at radius 1 is 1.44 bits per heavy atom. The van der Waals surface area contributed by atoms with Crippen LogP contribution < -0.4 is 11.1 Å². The molecule has 94 valence electrons. The fraction of sp³-hybridized carbons (Fsp3) is 0.250.